The van der Waals surface area contributed by atoms with Crippen LogP contribution in [0.3, 0.4) is 0 Å². The van der Waals surface area contributed by atoms with Gasteiger partial charge in [-0.1, -0.05) is 36.4 Å². The molecule has 0 saturated carbocycles. The van der Waals surface area contributed by atoms with Crippen LogP contribution in [0.25, 0.3) is 16.9 Å². The van der Waals surface area contributed by atoms with Crippen molar-refractivity contribution in [3.8, 4) is 17.0 Å². The normalized spacial score (nSPS) is 10.9. The van der Waals surface area contributed by atoms with E-state index in [1.807, 2.05) is 67.6 Å². The molecule has 0 aliphatic carbocycles. The second-order valence-corrected chi connectivity index (χ2v) is 8.95. The summed E-state index contributed by atoms with van der Waals surface area (Å²) in [4.78, 5) is 17.4. The van der Waals surface area contributed by atoms with E-state index >= 15 is 0 Å². The van der Waals surface area contributed by atoms with Crippen molar-refractivity contribution in [1.29, 1.82) is 0 Å². The van der Waals surface area contributed by atoms with Gasteiger partial charge in [0.05, 0.1) is 17.5 Å². The number of aromatic nitrogens is 3. The van der Waals surface area contributed by atoms with Gasteiger partial charge in [-0.25, -0.2) is 4.98 Å². The number of nitrogens with zero attached hydrogens (tertiary/aromatic N) is 3. The summed E-state index contributed by atoms with van der Waals surface area (Å²) >= 11 is 3.42. The van der Waals surface area contributed by atoms with Crippen LogP contribution < -0.4 is 10.6 Å². The summed E-state index contributed by atoms with van der Waals surface area (Å²) in [7, 11) is 0. The highest BCUT2D eigenvalue weighted by atomic mass is 79.9. The van der Waals surface area contributed by atoms with Gasteiger partial charge in [0.1, 0.15) is 11.6 Å². The van der Waals surface area contributed by atoms with E-state index in [1.165, 1.54) is 0 Å². The third kappa shape index (κ3) is 4.74. The summed E-state index contributed by atoms with van der Waals surface area (Å²) in [5.41, 5.74) is 5.19. The number of halogens is 1. The fraction of sp³-hybridized carbons (Fsp3) is 0.0741. The smallest absolute Gasteiger partial charge is 0.256 e. The van der Waals surface area contributed by atoms with Crippen LogP contribution in [0.4, 0.5) is 11.5 Å². The zero-order chi connectivity index (χ0) is 24.4. The number of hydrogen-bond donors (Lipinski definition) is 3. The quantitative estimate of drug-likeness (QED) is 0.250. The summed E-state index contributed by atoms with van der Waals surface area (Å²) in [6.07, 6.45) is 1.76. The first kappa shape index (κ1) is 22.6. The molecule has 3 aromatic carbocycles. The average molecular weight is 528 g/mol. The number of rotatable bonds is 6. The van der Waals surface area contributed by atoms with E-state index < -0.39 is 0 Å². The number of fused-ring (bicyclic) bond motifs is 1. The highest BCUT2D eigenvalue weighted by Crippen LogP contribution is 2.30. The molecule has 2 heterocycles. The topological polar surface area (TPSA) is 91.5 Å². The van der Waals surface area contributed by atoms with Crippen molar-refractivity contribution in [2.75, 3.05) is 10.6 Å². The fourth-order valence-electron chi connectivity index (χ4n) is 3.82. The Morgan fingerprint density at radius 3 is 2.66 bits per heavy atom. The Morgan fingerprint density at radius 1 is 1.03 bits per heavy atom. The van der Waals surface area contributed by atoms with Crippen LogP contribution in [0.15, 0.2) is 89.5 Å². The number of para-hydroxylation sites is 1. The third-order valence-electron chi connectivity index (χ3n) is 5.61. The minimum atomic E-state index is -0.183. The van der Waals surface area contributed by atoms with Crippen molar-refractivity contribution in [2.45, 2.75) is 13.5 Å². The first-order chi connectivity index (χ1) is 17.0. The van der Waals surface area contributed by atoms with Gasteiger partial charge in [-0.2, -0.15) is 9.61 Å². The number of aromatic hydroxyl groups is 1. The standard InChI is InChI=1S/C27H22BrN5O2/c1-17-15-30-33-25(14-23(32-26(17)33)21-10-3-5-12-24(21)34)29-16-18-7-6-8-19(13-18)31-27(35)20-9-2-4-11-22(20)28/h2-15,29,34H,16H2,1H3,(H,31,35). The molecule has 0 fully saturated rings. The van der Waals surface area contributed by atoms with E-state index in [1.54, 1.807) is 28.9 Å². The van der Waals surface area contributed by atoms with Crippen molar-refractivity contribution < 1.29 is 9.90 Å². The molecule has 0 atom stereocenters. The molecule has 0 spiro atoms. The van der Waals surface area contributed by atoms with Crippen LogP contribution in [0, 0.1) is 6.92 Å². The Bertz CT molecular complexity index is 1550. The maximum absolute atomic E-state index is 12.7. The van der Waals surface area contributed by atoms with Gasteiger partial charge in [-0.3, -0.25) is 4.79 Å². The molecule has 174 valence electrons. The van der Waals surface area contributed by atoms with Gasteiger partial charge in [-0.05, 0) is 64.8 Å². The number of hydrogen-bond acceptors (Lipinski definition) is 5. The van der Waals surface area contributed by atoms with Crippen LogP contribution in [-0.4, -0.2) is 25.6 Å². The molecular formula is C27H22BrN5O2. The minimum absolute atomic E-state index is 0.168. The Labute approximate surface area is 210 Å². The molecule has 5 aromatic rings. The lowest BCUT2D eigenvalue weighted by molar-refractivity contribution is 0.102. The van der Waals surface area contributed by atoms with Crippen LogP contribution in [0.1, 0.15) is 21.5 Å². The maximum Gasteiger partial charge on any atom is 0.256 e. The van der Waals surface area contributed by atoms with Gasteiger partial charge in [-0.15, -0.1) is 0 Å². The van der Waals surface area contributed by atoms with E-state index in [-0.39, 0.29) is 11.7 Å². The van der Waals surface area contributed by atoms with Gasteiger partial charge in [0, 0.05) is 33.9 Å². The number of phenols is 1. The average Bonchev–Trinajstić information content (AvgIpc) is 3.24. The van der Waals surface area contributed by atoms with Crippen molar-refractivity contribution in [3.05, 3.63) is 106 Å². The van der Waals surface area contributed by atoms with Gasteiger partial charge < -0.3 is 15.7 Å². The maximum atomic E-state index is 12.7. The van der Waals surface area contributed by atoms with E-state index in [2.05, 4.69) is 31.7 Å². The lowest BCUT2D eigenvalue weighted by Crippen LogP contribution is -2.13. The number of nitrogens with one attached hydrogen (secondary N) is 2. The van der Waals surface area contributed by atoms with Gasteiger partial charge in [0.25, 0.3) is 5.91 Å². The molecule has 0 radical (unpaired) electrons. The zero-order valence-corrected chi connectivity index (χ0v) is 20.5. The van der Waals surface area contributed by atoms with Gasteiger partial charge in [0.2, 0.25) is 0 Å². The Hall–Kier alpha value is -4.17. The predicted molar refractivity (Wildman–Crippen MR) is 141 cm³/mol. The highest BCUT2D eigenvalue weighted by Gasteiger charge is 2.13. The molecule has 1 amide bonds. The molecule has 35 heavy (non-hydrogen) atoms. The Kier molecular flexibility index (Phi) is 6.20. The van der Waals surface area contributed by atoms with Crippen molar-refractivity contribution in [2.24, 2.45) is 0 Å². The Morgan fingerprint density at radius 2 is 1.83 bits per heavy atom. The lowest BCUT2D eigenvalue weighted by Gasteiger charge is -2.13. The molecule has 0 bridgehead atoms. The molecule has 2 aromatic heterocycles. The number of benzene rings is 3. The van der Waals surface area contributed by atoms with Crippen molar-refractivity contribution in [1.82, 2.24) is 14.6 Å². The first-order valence-corrected chi connectivity index (χ1v) is 11.8. The van der Waals surface area contributed by atoms with Crippen molar-refractivity contribution >= 4 is 39.0 Å². The Balaban J connectivity index is 1.39. The molecule has 0 unspecified atom stereocenters. The summed E-state index contributed by atoms with van der Waals surface area (Å²) in [5, 5.41) is 21.2. The fourth-order valence-corrected chi connectivity index (χ4v) is 4.29. The van der Waals surface area contributed by atoms with Crippen LogP contribution >= 0.6 is 15.9 Å². The second kappa shape index (κ2) is 9.60. The second-order valence-electron chi connectivity index (χ2n) is 8.09. The van der Waals surface area contributed by atoms with E-state index in [9.17, 15) is 9.90 Å². The molecule has 0 aliphatic rings. The van der Waals surface area contributed by atoms with Gasteiger partial charge >= 0.3 is 0 Å². The lowest BCUT2D eigenvalue weighted by atomic mass is 10.1. The number of aryl methyl sites for hydroxylation is 1. The SMILES string of the molecule is Cc1cnn2c(NCc3cccc(NC(=O)c4ccccc4Br)c3)cc(-c3ccccc3O)nc12. The molecule has 5 rings (SSSR count). The highest BCUT2D eigenvalue weighted by molar-refractivity contribution is 9.10. The number of anilines is 2. The molecule has 3 N–H and O–H groups in total. The summed E-state index contributed by atoms with van der Waals surface area (Å²) < 4.78 is 2.49. The van der Waals surface area contributed by atoms with E-state index in [0.29, 0.717) is 34.7 Å². The number of amides is 1. The van der Waals surface area contributed by atoms with E-state index in [0.717, 1.165) is 21.4 Å². The first-order valence-electron chi connectivity index (χ1n) is 11.0. The molecule has 8 heteroatoms. The van der Waals surface area contributed by atoms with Crippen molar-refractivity contribution in [3.63, 3.8) is 0 Å². The number of carbonyl (C=O) groups is 1. The molecular weight excluding hydrogens is 506 g/mol. The largest absolute Gasteiger partial charge is 0.507 e. The van der Waals surface area contributed by atoms with Crippen LogP contribution in [0.5, 0.6) is 5.75 Å². The number of phenolic OH excluding ortho intramolecular Hbond substituents is 1. The zero-order valence-electron chi connectivity index (χ0n) is 18.9. The predicted octanol–water partition coefficient (Wildman–Crippen LogP) is 6.04. The van der Waals surface area contributed by atoms with Gasteiger partial charge in [0.15, 0.2) is 5.65 Å². The number of carbonyl (C=O) groups excluding carboxylic acids is 1. The summed E-state index contributed by atoms with van der Waals surface area (Å²) in [6, 6.07) is 24.0. The minimum Gasteiger partial charge on any atom is -0.507 e. The molecule has 0 aliphatic heterocycles. The molecule has 0 saturated heterocycles. The van der Waals surface area contributed by atoms with Crippen LogP contribution in [-0.2, 0) is 6.54 Å². The summed E-state index contributed by atoms with van der Waals surface area (Å²) in [6.45, 7) is 2.45. The molecule has 7 nitrogen and oxygen atoms in total. The van der Waals surface area contributed by atoms with Crippen LogP contribution in [0.2, 0.25) is 0 Å². The third-order valence-corrected chi connectivity index (χ3v) is 6.30. The van der Waals surface area contributed by atoms with E-state index in [4.69, 9.17) is 4.98 Å². The monoisotopic (exact) mass is 527 g/mol. The summed E-state index contributed by atoms with van der Waals surface area (Å²) in [5.74, 6) is 0.725.